The fourth-order valence-electron chi connectivity index (χ4n) is 1.46. The Morgan fingerprint density at radius 1 is 0.850 bits per heavy atom. The van der Waals surface area contributed by atoms with Crippen molar-refractivity contribution in [1.82, 2.24) is 0 Å². The molecule has 8 heteroatoms. The monoisotopic (exact) mass is 496 g/mol. The van der Waals surface area contributed by atoms with Gasteiger partial charge < -0.3 is 0 Å². The zero-order valence-corrected chi connectivity index (χ0v) is 15.8. The van der Waals surface area contributed by atoms with Gasteiger partial charge in [-0.2, -0.15) is 0 Å². The van der Waals surface area contributed by atoms with E-state index in [9.17, 15) is 14.4 Å². The van der Waals surface area contributed by atoms with Gasteiger partial charge in [-0.1, -0.05) is 0 Å². The molecule has 0 unspecified atom stereocenters. The van der Waals surface area contributed by atoms with E-state index >= 15 is 0 Å². The molecular weight excluding hydrogens is 483 g/mol. The molecule has 0 fully saturated rings. The SMILES string of the molecule is CC(=O)[O][Pb]([O]C(C)=O)([O]C(C)=O)[c]1ccc(Cl)cc1. The van der Waals surface area contributed by atoms with E-state index in [1.165, 1.54) is 24.3 Å². The van der Waals surface area contributed by atoms with Crippen LogP contribution in [0.3, 0.4) is 0 Å². The van der Waals surface area contributed by atoms with E-state index in [0.717, 1.165) is 20.8 Å². The van der Waals surface area contributed by atoms with Gasteiger partial charge in [0.15, 0.2) is 0 Å². The van der Waals surface area contributed by atoms with E-state index in [-0.39, 0.29) is 0 Å². The van der Waals surface area contributed by atoms with Gasteiger partial charge in [0.25, 0.3) is 0 Å². The molecule has 0 radical (unpaired) electrons. The molecule has 0 amide bonds. The molecule has 108 valence electrons. The summed E-state index contributed by atoms with van der Waals surface area (Å²) in [7, 11) is 0. The topological polar surface area (TPSA) is 78.9 Å². The van der Waals surface area contributed by atoms with Gasteiger partial charge in [0.05, 0.1) is 0 Å². The molecule has 0 atom stereocenters. The van der Waals surface area contributed by atoms with Gasteiger partial charge in [0.1, 0.15) is 0 Å². The predicted molar refractivity (Wildman–Crippen MR) is 72.1 cm³/mol. The summed E-state index contributed by atoms with van der Waals surface area (Å²) in [4.78, 5) is 33.9. The maximum atomic E-state index is 11.3. The standard InChI is InChI=1S/C6H4Cl.3C2H4O2.Pb/c7-6-4-2-1-3-5-6;3*1-2(3)4;/h2-5H;3*1H3,(H,3,4);/q;;;;+3/p-3. The molecule has 0 spiro atoms. The van der Waals surface area contributed by atoms with Crippen molar-refractivity contribution in [2.24, 2.45) is 0 Å². The van der Waals surface area contributed by atoms with Crippen LogP contribution in [-0.4, -0.2) is 40.4 Å². The molecule has 0 saturated carbocycles. The number of carbonyl (C=O) groups is 3. The summed E-state index contributed by atoms with van der Waals surface area (Å²) in [5, 5.41) is 0.449. The molecule has 1 aromatic rings. The van der Waals surface area contributed by atoms with Crippen molar-refractivity contribution in [3.8, 4) is 0 Å². The van der Waals surface area contributed by atoms with Crippen molar-refractivity contribution in [2.75, 3.05) is 0 Å². The Morgan fingerprint density at radius 3 is 1.50 bits per heavy atom. The Labute approximate surface area is 127 Å². The molecular formula is C12H13ClO6Pb. The number of carbonyl (C=O) groups excluding carboxylic acids is 3. The molecule has 0 N–H and O–H groups in total. The summed E-state index contributed by atoms with van der Waals surface area (Å²) in [6, 6.07) is 6.08. The average molecular weight is 496 g/mol. The second kappa shape index (κ2) is 7.02. The fraction of sp³-hybridized carbons (Fsp3) is 0.250. The fourth-order valence-corrected chi connectivity index (χ4v) is 10.1. The van der Waals surface area contributed by atoms with E-state index in [1.807, 2.05) is 0 Å². The van der Waals surface area contributed by atoms with Gasteiger partial charge in [-0.3, -0.25) is 0 Å². The molecule has 0 saturated heterocycles. The molecule has 1 aromatic carbocycles. The van der Waals surface area contributed by atoms with Crippen molar-refractivity contribution in [3.05, 3.63) is 29.3 Å². The first-order valence-corrected chi connectivity index (χ1v) is 12.7. The molecule has 0 heterocycles. The van der Waals surface area contributed by atoms with Crippen LogP contribution >= 0.6 is 11.6 Å². The van der Waals surface area contributed by atoms with Crippen molar-refractivity contribution in [2.45, 2.75) is 20.8 Å². The molecule has 0 aromatic heterocycles. The van der Waals surface area contributed by atoms with Crippen LogP contribution in [0.15, 0.2) is 24.3 Å². The van der Waals surface area contributed by atoms with Gasteiger partial charge in [-0.25, -0.2) is 0 Å². The van der Waals surface area contributed by atoms with Gasteiger partial charge in [-0.15, -0.1) is 0 Å². The Bertz CT molecular complexity index is 486. The van der Waals surface area contributed by atoms with E-state index < -0.39 is 40.4 Å². The number of benzene rings is 1. The van der Waals surface area contributed by atoms with E-state index in [0.29, 0.717) is 8.15 Å². The van der Waals surface area contributed by atoms with Crippen LogP contribution in [0.25, 0.3) is 0 Å². The van der Waals surface area contributed by atoms with Gasteiger partial charge in [0.2, 0.25) is 0 Å². The van der Waals surface area contributed by atoms with Crippen LogP contribution in [0.2, 0.25) is 5.02 Å². The zero-order chi connectivity index (χ0) is 15.3. The summed E-state index contributed by atoms with van der Waals surface area (Å²) in [6.45, 7) is 3.45. The molecule has 0 aliphatic carbocycles. The number of hydrogen-bond donors (Lipinski definition) is 0. The van der Waals surface area contributed by atoms with Crippen molar-refractivity contribution in [1.29, 1.82) is 0 Å². The second-order valence-corrected chi connectivity index (χ2v) is 13.2. The van der Waals surface area contributed by atoms with Crippen LogP contribution in [0.4, 0.5) is 0 Å². The van der Waals surface area contributed by atoms with Crippen LogP contribution in [-0.2, 0) is 22.4 Å². The van der Waals surface area contributed by atoms with Crippen molar-refractivity contribution >= 4 is 55.2 Å². The molecule has 20 heavy (non-hydrogen) atoms. The molecule has 0 bridgehead atoms. The van der Waals surface area contributed by atoms with E-state index in [1.54, 1.807) is 0 Å². The number of hydrogen-bond acceptors (Lipinski definition) is 6. The summed E-state index contributed by atoms with van der Waals surface area (Å²) < 4.78 is 15.8. The Kier molecular flexibility index (Phi) is 5.93. The first-order chi connectivity index (χ1) is 9.25. The van der Waals surface area contributed by atoms with Crippen molar-refractivity contribution < 1.29 is 22.4 Å². The quantitative estimate of drug-likeness (QED) is 0.584. The zero-order valence-electron chi connectivity index (χ0n) is 11.1. The van der Waals surface area contributed by atoms with Crippen LogP contribution in [0.5, 0.6) is 0 Å². The van der Waals surface area contributed by atoms with Crippen LogP contribution in [0, 0.1) is 0 Å². The summed E-state index contributed by atoms with van der Waals surface area (Å²) in [6.07, 6.45) is 0. The summed E-state index contributed by atoms with van der Waals surface area (Å²) in [5.41, 5.74) is 0. The third kappa shape index (κ3) is 4.75. The first kappa shape index (κ1) is 16.9. The second-order valence-electron chi connectivity index (χ2n) is 3.84. The Balaban J connectivity index is 3.32. The van der Waals surface area contributed by atoms with Gasteiger partial charge in [-0.05, 0) is 0 Å². The molecule has 1 rings (SSSR count). The minimum absolute atomic E-state index is 0.363. The predicted octanol–water partition coefficient (Wildman–Crippen LogP) is 1.18. The average Bonchev–Trinajstić information content (AvgIpc) is 2.26. The maximum absolute atomic E-state index is 11.3. The van der Waals surface area contributed by atoms with E-state index in [4.69, 9.17) is 19.7 Å². The minimum atomic E-state index is -5.03. The molecule has 0 aliphatic rings. The normalized spacial score (nSPS) is 10.6. The third-order valence-corrected chi connectivity index (χ3v) is 12.8. The summed E-state index contributed by atoms with van der Waals surface area (Å²) >= 11 is 0.748. The third-order valence-electron chi connectivity index (χ3n) is 2.03. The first-order valence-electron chi connectivity index (χ1n) is 5.60. The summed E-state index contributed by atoms with van der Waals surface area (Å²) in [5.74, 6) is -2.07. The Morgan fingerprint density at radius 2 is 1.20 bits per heavy atom. The van der Waals surface area contributed by atoms with Gasteiger partial charge in [0, 0.05) is 0 Å². The van der Waals surface area contributed by atoms with Gasteiger partial charge >= 0.3 is 128 Å². The van der Waals surface area contributed by atoms with E-state index in [2.05, 4.69) is 0 Å². The molecule has 6 nitrogen and oxygen atoms in total. The number of halogens is 1. The van der Waals surface area contributed by atoms with Crippen LogP contribution < -0.4 is 3.12 Å². The number of rotatable bonds is 4. The molecule has 0 aliphatic heterocycles. The van der Waals surface area contributed by atoms with Crippen LogP contribution in [0.1, 0.15) is 20.8 Å². The Hall–Kier alpha value is -1.16. The van der Waals surface area contributed by atoms with Crippen molar-refractivity contribution in [3.63, 3.8) is 0 Å².